The second kappa shape index (κ2) is 8.99. The number of anilines is 2. The summed E-state index contributed by atoms with van der Waals surface area (Å²) in [7, 11) is 0. The molecular formula is C25H18F3N3OS. The molecule has 0 fully saturated rings. The van der Waals surface area contributed by atoms with E-state index in [2.05, 4.69) is 29.5 Å². The predicted molar refractivity (Wildman–Crippen MR) is 129 cm³/mol. The Hall–Kier alpha value is -3.78. The first-order valence-corrected chi connectivity index (χ1v) is 10.4. The molecule has 0 saturated heterocycles. The smallest absolute Gasteiger partial charge is 0.341 e. The van der Waals surface area contributed by atoms with Gasteiger partial charge in [0.25, 0.3) is 0 Å². The van der Waals surface area contributed by atoms with Gasteiger partial charge in [0.15, 0.2) is 11.1 Å². The van der Waals surface area contributed by atoms with E-state index in [4.69, 9.17) is 0 Å². The number of thiol groups is 1. The van der Waals surface area contributed by atoms with Gasteiger partial charge < -0.3 is 5.32 Å². The minimum atomic E-state index is -4.77. The number of nitrogens with one attached hydrogen (secondary N) is 1. The Bertz CT molecular complexity index is 1410. The van der Waals surface area contributed by atoms with Crippen molar-refractivity contribution in [1.82, 2.24) is 9.55 Å². The van der Waals surface area contributed by atoms with Crippen molar-refractivity contribution < 1.29 is 13.2 Å². The monoisotopic (exact) mass is 465 g/mol. The molecule has 0 aliphatic heterocycles. The fraction of sp³-hybridized carbons (Fsp3) is 0.0400. The van der Waals surface area contributed by atoms with E-state index in [0.717, 1.165) is 12.1 Å². The topological polar surface area (TPSA) is 46.9 Å². The first kappa shape index (κ1) is 22.4. The largest absolute Gasteiger partial charge is 0.417 e. The fourth-order valence-corrected chi connectivity index (χ4v) is 3.65. The van der Waals surface area contributed by atoms with E-state index in [1.165, 1.54) is 16.1 Å². The Morgan fingerprint density at radius 3 is 2.27 bits per heavy atom. The van der Waals surface area contributed by atoms with E-state index in [1.807, 2.05) is 6.07 Å². The fourth-order valence-electron chi connectivity index (χ4n) is 3.47. The number of aromatic nitrogens is 2. The van der Waals surface area contributed by atoms with Gasteiger partial charge in [-0.05, 0) is 47.4 Å². The number of hydrogen-bond acceptors (Lipinski definition) is 4. The lowest BCUT2D eigenvalue weighted by molar-refractivity contribution is -0.136. The first-order chi connectivity index (χ1) is 15.8. The second-order valence-corrected chi connectivity index (χ2v) is 7.45. The molecule has 166 valence electrons. The van der Waals surface area contributed by atoms with Crippen molar-refractivity contribution in [2.75, 3.05) is 5.32 Å². The molecule has 2 heterocycles. The van der Waals surface area contributed by atoms with Crippen LogP contribution in [0, 0.1) is 0 Å². The standard InChI is InChI=1S/C25H18F3N3OS/c1-16(12-13-33)20-14-19(25(26,27)28)23-21(32)15-22(29-17-8-4-2-5-9-17)31(24(23)30-20)18-10-6-3-7-11-18/h2-15,29,33H,1H2/b13-12-. The van der Waals surface area contributed by atoms with Crippen LogP contribution in [0.2, 0.25) is 0 Å². The number of halogens is 3. The number of pyridine rings is 2. The molecule has 1 N–H and O–H groups in total. The Morgan fingerprint density at radius 1 is 1.03 bits per heavy atom. The van der Waals surface area contributed by atoms with Crippen molar-refractivity contribution in [2.45, 2.75) is 6.18 Å². The summed E-state index contributed by atoms with van der Waals surface area (Å²) in [6.45, 7) is 3.79. The van der Waals surface area contributed by atoms with E-state index in [9.17, 15) is 18.0 Å². The lowest BCUT2D eigenvalue weighted by Gasteiger charge is -2.20. The Balaban J connectivity index is 2.14. The molecule has 4 nitrogen and oxygen atoms in total. The molecule has 4 rings (SSSR count). The van der Waals surface area contributed by atoms with Gasteiger partial charge in [0.2, 0.25) is 0 Å². The van der Waals surface area contributed by atoms with Crippen LogP contribution < -0.4 is 10.7 Å². The highest BCUT2D eigenvalue weighted by molar-refractivity contribution is 7.83. The van der Waals surface area contributed by atoms with Crippen LogP contribution >= 0.6 is 12.6 Å². The van der Waals surface area contributed by atoms with Crippen molar-refractivity contribution in [3.8, 4) is 5.69 Å². The minimum absolute atomic E-state index is 0.0129. The summed E-state index contributed by atoms with van der Waals surface area (Å²) in [6.07, 6.45) is -3.34. The van der Waals surface area contributed by atoms with Gasteiger partial charge in [0.05, 0.1) is 16.6 Å². The van der Waals surface area contributed by atoms with Crippen LogP contribution in [0.5, 0.6) is 0 Å². The van der Waals surface area contributed by atoms with Crippen LogP contribution in [0.1, 0.15) is 11.3 Å². The normalized spacial score (nSPS) is 11.8. The first-order valence-electron chi connectivity index (χ1n) is 9.85. The van der Waals surface area contributed by atoms with Crippen molar-refractivity contribution in [3.05, 3.63) is 112 Å². The Morgan fingerprint density at radius 2 is 1.67 bits per heavy atom. The second-order valence-electron chi connectivity index (χ2n) is 7.15. The molecule has 0 radical (unpaired) electrons. The van der Waals surface area contributed by atoms with Gasteiger partial charge in [-0.1, -0.05) is 43.0 Å². The molecule has 0 unspecified atom stereocenters. The van der Waals surface area contributed by atoms with E-state index in [0.29, 0.717) is 11.4 Å². The molecule has 8 heteroatoms. The van der Waals surface area contributed by atoms with Gasteiger partial charge >= 0.3 is 6.18 Å². The molecule has 0 spiro atoms. The Kier molecular flexibility index (Phi) is 6.11. The van der Waals surface area contributed by atoms with Crippen LogP contribution in [0.3, 0.4) is 0 Å². The van der Waals surface area contributed by atoms with Crippen LogP contribution in [0.15, 0.2) is 95.7 Å². The molecular weight excluding hydrogens is 447 g/mol. The van der Waals surface area contributed by atoms with E-state index >= 15 is 0 Å². The molecule has 0 amide bonds. The number of allylic oxidation sites excluding steroid dienone is 2. The minimum Gasteiger partial charge on any atom is -0.341 e. The molecule has 2 aromatic carbocycles. The molecule has 0 aliphatic carbocycles. The third-order valence-electron chi connectivity index (χ3n) is 4.94. The van der Waals surface area contributed by atoms with Gasteiger partial charge in [0.1, 0.15) is 5.82 Å². The molecule has 2 aromatic heterocycles. The van der Waals surface area contributed by atoms with Gasteiger partial charge in [-0.15, -0.1) is 0 Å². The zero-order valence-electron chi connectivity index (χ0n) is 17.2. The van der Waals surface area contributed by atoms with Crippen molar-refractivity contribution in [1.29, 1.82) is 0 Å². The highest BCUT2D eigenvalue weighted by Gasteiger charge is 2.35. The molecule has 0 aliphatic rings. The lowest BCUT2D eigenvalue weighted by atomic mass is 10.1. The summed E-state index contributed by atoms with van der Waals surface area (Å²) < 4.78 is 43.7. The quantitative estimate of drug-likeness (QED) is 0.258. The highest BCUT2D eigenvalue weighted by atomic mass is 32.1. The average Bonchev–Trinajstić information content (AvgIpc) is 2.79. The van der Waals surface area contributed by atoms with Gasteiger partial charge in [0, 0.05) is 17.4 Å². The van der Waals surface area contributed by atoms with Crippen molar-refractivity contribution in [2.24, 2.45) is 0 Å². The Labute approximate surface area is 193 Å². The number of nitrogens with zero attached hydrogens (tertiary/aromatic N) is 2. The molecule has 0 bridgehead atoms. The van der Waals surface area contributed by atoms with E-state index < -0.39 is 22.6 Å². The number of hydrogen-bond donors (Lipinski definition) is 2. The number of alkyl halides is 3. The SMILES string of the molecule is C=C(/C=C\S)c1cc(C(F)(F)F)c2c(=O)cc(Nc3ccccc3)n(-c3ccccc3)c2n1. The average molecular weight is 466 g/mol. The number of benzene rings is 2. The van der Waals surface area contributed by atoms with Gasteiger partial charge in [-0.2, -0.15) is 25.8 Å². The lowest BCUT2D eigenvalue weighted by Crippen LogP contribution is -2.19. The molecule has 0 atom stereocenters. The summed E-state index contributed by atoms with van der Waals surface area (Å²) in [5.41, 5.74) is -0.586. The zero-order valence-corrected chi connectivity index (χ0v) is 18.1. The van der Waals surface area contributed by atoms with E-state index in [1.54, 1.807) is 54.6 Å². The molecule has 33 heavy (non-hydrogen) atoms. The molecule has 0 saturated carbocycles. The molecule has 4 aromatic rings. The number of fused-ring (bicyclic) bond motifs is 1. The summed E-state index contributed by atoms with van der Waals surface area (Å²) in [4.78, 5) is 17.5. The van der Waals surface area contributed by atoms with E-state index in [-0.39, 0.29) is 22.7 Å². The summed E-state index contributed by atoms with van der Waals surface area (Å²) in [5.74, 6) is 0.276. The zero-order chi connectivity index (χ0) is 23.6. The van der Waals surface area contributed by atoms with Crippen molar-refractivity contribution >= 4 is 40.7 Å². The maximum absolute atomic E-state index is 14.1. The van der Waals surface area contributed by atoms with Crippen LogP contribution in [0.25, 0.3) is 22.3 Å². The predicted octanol–water partition coefficient (Wildman–Crippen LogP) is 6.60. The van der Waals surface area contributed by atoms with Crippen LogP contribution in [-0.4, -0.2) is 9.55 Å². The third-order valence-corrected chi connectivity index (χ3v) is 5.09. The van der Waals surface area contributed by atoms with Crippen molar-refractivity contribution in [3.63, 3.8) is 0 Å². The van der Waals surface area contributed by atoms with Crippen LogP contribution in [-0.2, 0) is 6.18 Å². The highest BCUT2D eigenvalue weighted by Crippen LogP contribution is 2.36. The summed E-state index contributed by atoms with van der Waals surface area (Å²) in [6, 6.07) is 19.8. The van der Waals surface area contributed by atoms with Gasteiger partial charge in [-0.25, -0.2) is 4.98 Å². The van der Waals surface area contributed by atoms with Gasteiger partial charge in [-0.3, -0.25) is 9.36 Å². The summed E-state index contributed by atoms with van der Waals surface area (Å²) in [5, 5.41) is 3.97. The van der Waals surface area contributed by atoms with Crippen LogP contribution in [0.4, 0.5) is 24.7 Å². The summed E-state index contributed by atoms with van der Waals surface area (Å²) >= 11 is 3.98. The maximum atomic E-state index is 14.1. The number of para-hydroxylation sites is 2. The third kappa shape index (κ3) is 4.56. The maximum Gasteiger partial charge on any atom is 0.417 e. The number of rotatable bonds is 5.